The highest BCUT2D eigenvalue weighted by molar-refractivity contribution is 7.90. The van der Waals surface area contributed by atoms with Gasteiger partial charge in [-0.25, -0.2) is 13.2 Å². The number of hydrogen-bond acceptors (Lipinski definition) is 4. The maximum absolute atomic E-state index is 13.2. The molecule has 1 amide bonds. The number of imidazole rings is 1. The van der Waals surface area contributed by atoms with Crippen molar-refractivity contribution in [2.24, 2.45) is 0 Å². The zero-order valence-corrected chi connectivity index (χ0v) is 15.6. The van der Waals surface area contributed by atoms with Crippen LogP contribution >= 0.6 is 0 Å². The molecule has 0 saturated heterocycles. The minimum absolute atomic E-state index is 0.0370. The summed E-state index contributed by atoms with van der Waals surface area (Å²) in [6.45, 7) is 1.57. The number of fused-ring (bicyclic) bond motifs is 1. The first-order valence-electron chi connectivity index (χ1n) is 8.70. The highest BCUT2D eigenvalue weighted by Crippen LogP contribution is 2.21. The van der Waals surface area contributed by atoms with Gasteiger partial charge in [0.1, 0.15) is 6.54 Å². The zero-order valence-electron chi connectivity index (χ0n) is 14.8. The third-order valence-electron chi connectivity index (χ3n) is 4.57. The molecule has 27 heavy (non-hydrogen) atoms. The zero-order chi connectivity index (χ0) is 19.2. The molecule has 0 unspecified atom stereocenters. The lowest BCUT2D eigenvalue weighted by molar-refractivity contribution is -0.121. The van der Waals surface area contributed by atoms with Crippen molar-refractivity contribution >= 4 is 27.0 Å². The Hall–Kier alpha value is -2.87. The molecule has 3 aromatic rings. The molecule has 1 N–H and O–H groups in total. The lowest BCUT2D eigenvalue weighted by atomic mass is 10.2. The molecule has 7 nitrogen and oxygen atoms in total. The van der Waals surface area contributed by atoms with Crippen LogP contribution in [0.15, 0.2) is 58.2 Å². The van der Waals surface area contributed by atoms with Crippen molar-refractivity contribution in [3.05, 3.63) is 64.6 Å². The van der Waals surface area contributed by atoms with Crippen molar-refractivity contribution in [3.63, 3.8) is 0 Å². The molecular formula is C19H19N3O4S. The van der Waals surface area contributed by atoms with Gasteiger partial charge >= 0.3 is 5.69 Å². The number of para-hydroxylation sites is 2. The van der Waals surface area contributed by atoms with Crippen LogP contribution in [0.3, 0.4) is 0 Å². The van der Waals surface area contributed by atoms with Crippen LogP contribution in [0.2, 0.25) is 0 Å². The van der Waals surface area contributed by atoms with Crippen molar-refractivity contribution < 1.29 is 13.2 Å². The lowest BCUT2D eigenvalue weighted by Crippen LogP contribution is -2.35. The molecular weight excluding hydrogens is 366 g/mol. The predicted octanol–water partition coefficient (Wildman–Crippen LogP) is 1.63. The quantitative estimate of drug-likeness (QED) is 0.723. The SMILES string of the molecule is Cc1cccc(S(=O)(=O)n2c(=O)n(CC(=O)NC3CC3)c3ccccc32)c1. The Labute approximate surface area is 156 Å². The number of amides is 1. The molecule has 0 atom stereocenters. The highest BCUT2D eigenvalue weighted by atomic mass is 32.2. The Bertz CT molecular complexity index is 1200. The number of carbonyl (C=O) groups is 1. The van der Waals surface area contributed by atoms with Crippen LogP contribution in [-0.2, 0) is 21.4 Å². The molecule has 0 aliphatic heterocycles. The standard InChI is InChI=1S/C19H19N3O4S/c1-13-5-4-6-15(11-13)27(25,26)22-17-8-3-2-7-16(17)21(19(22)24)12-18(23)20-14-9-10-14/h2-8,11,14H,9-10,12H2,1H3,(H,20,23). The molecule has 1 fully saturated rings. The summed E-state index contributed by atoms with van der Waals surface area (Å²) < 4.78 is 28.3. The van der Waals surface area contributed by atoms with Crippen LogP contribution in [0.5, 0.6) is 0 Å². The summed E-state index contributed by atoms with van der Waals surface area (Å²) in [6, 6.07) is 13.1. The van der Waals surface area contributed by atoms with Crippen LogP contribution in [0, 0.1) is 6.92 Å². The second kappa shape index (κ2) is 6.38. The molecule has 1 heterocycles. The summed E-state index contributed by atoms with van der Waals surface area (Å²) >= 11 is 0. The van der Waals surface area contributed by atoms with E-state index in [0.717, 1.165) is 22.4 Å². The Morgan fingerprint density at radius 2 is 1.81 bits per heavy atom. The molecule has 140 valence electrons. The normalized spacial score (nSPS) is 14.4. The molecule has 1 saturated carbocycles. The molecule has 1 aromatic heterocycles. The van der Waals surface area contributed by atoms with Gasteiger partial charge in [0.05, 0.1) is 15.9 Å². The molecule has 0 radical (unpaired) electrons. The lowest BCUT2D eigenvalue weighted by Gasteiger charge is -2.06. The number of benzene rings is 2. The van der Waals surface area contributed by atoms with Gasteiger partial charge in [-0.3, -0.25) is 9.36 Å². The highest BCUT2D eigenvalue weighted by Gasteiger charge is 2.27. The fraction of sp³-hybridized carbons (Fsp3) is 0.263. The van der Waals surface area contributed by atoms with Crippen LogP contribution in [0.1, 0.15) is 18.4 Å². The average molecular weight is 385 g/mol. The number of rotatable bonds is 5. The van der Waals surface area contributed by atoms with E-state index in [9.17, 15) is 18.0 Å². The number of nitrogens with one attached hydrogen (secondary N) is 1. The van der Waals surface area contributed by atoms with Gasteiger partial charge in [-0.2, -0.15) is 3.97 Å². The predicted molar refractivity (Wildman–Crippen MR) is 101 cm³/mol. The Kier molecular flexibility index (Phi) is 4.15. The summed E-state index contributed by atoms with van der Waals surface area (Å²) in [4.78, 5) is 25.2. The van der Waals surface area contributed by atoms with Gasteiger partial charge in [-0.1, -0.05) is 24.3 Å². The van der Waals surface area contributed by atoms with Gasteiger partial charge in [-0.15, -0.1) is 0 Å². The van der Waals surface area contributed by atoms with Gasteiger partial charge in [-0.05, 0) is 49.6 Å². The van der Waals surface area contributed by atoms with E-state index in [4.69, 9.17) is 0 Å². The molecule has 0 spiro atoms. The smallest absolute Gasteiger partial charge is 0.343 e. The van der Waals surface area contributed by atoms with Crippen molar-refractivity contribution in [2.75, 3.05) is 0 Å². The minimum atomic E-state index is -4.09. The monoisotopic (exact) mass is 385 g/mol. The van der Waals surface area contributed by atoms with Crippen LogP contribution in [0.25, 0.3) is 11.0 Å². The summed E-state index contributed by atoms with van der Waals surface area (Å²) in [7, 11) is -4.09. The van der Waals surface area contributed by atoms with Gasteiger partial charge < -0.3 is 5.32 Å². The van der Waals surface area contributed by atoms with E-state index in [0.29, 0.717) is 5.52 Å². The van der Waals surface area contributed by atoms with Crippen LogP contribution < -0.4 is 11.0 Å². The molecule has 0 bridgehead atoms. The van der Waals surface area contributed by atoms with Crippen molar-refractivity contribution in [1.82, 2.24) is 13.9 Å². The number of aryl methyl sites for hydroxylation is 1. The molecule has 4 rings (SSSR count). The van der Waals surface area contributed by atoms with Gasteiger partial charge in [0.15, 0.2) is 0 Å². The minimum Gasteiger partial charge on any atom is -0.352 e. The van der Waals surface area contributed by atoms with Crippen molar-refractivity contribution in [3.8, 4) is 0 Å². The van der Waals surface area contributed by atoms with E-state index in [1.807, 2.05) is 0 Å². The van der Waals surface area contributed by atoms with Crippen LogP contribution in [-0.4, -0.2) is 28.9 Å². The van der Waals surface area contributed by atoms with E-state index in [2.05, 4.69) is 5.32 Å². The Morgan fingerprint density at radius 1 is 1.11 bits per heavy atom. The number of carbonyl (C=O) groups excluding carboxylic acids is 1. The Balaban J connectivity index is 1.87. The van der Waals surface area contributed by atoms with Crippen LogP contribution in [0.4, 0.5) is 0 Å². The van der Waals surface area contributed by atoms with Gasteiger partial charge in [0, 0.05) is 6.04 Å². The van der Waals surface area contributed by atoms with Crippen molar-refractivity contribution in [2.45, 2.75) is 37.2 Å². The molecule has 8 heteroatoms. The number of hydrogen-bond donors (Lipinski definition) is 1. The fourth-order valence-electron chi connectivity index (χ4n) is 3.09. The summed E-state index contributed by atoms with van der Waals surface area (Å²) in [5.41, 5.74) is 0.688. The Morgan fingerprint density at radius 3 is 2.48 bits per heavy atom. The van der Waals surface area contributed by atoms with E-state index in [-0.39, 0.29) is 28.9 Å². The van der Waals surface area contributed by atoms with E-state index in [1.54, 1.807) is 43.3 Å². The molecule has 1 aliphatic carbocycles. The number of aromatic nitrogens is 2. The topological polar surface area (TPSA) is 90.2 Å². The second-order valence-corrected chi connectivity index (χ2v) is 8.57. The summed E-state index contributed by atoms with van der Waals surface area (Å²) in [5, 5.41) is 2.82. The second-order valence-electron chi connectivity index (χ2n) is 6.79. The largest absolute Gasteiger partial charge is 0.352 e. The average Bonchev–Trinajstić information content (AvgIpc) is 3.39. The van der Waals surface area contributed by atoms with E-state index >= 15 is 0 Å². The summed E-state index contributed by atoms with van der Waals surface area (Å²) in [6.07, 6.45) is 1.87. The first-order chi connectivity index (χ1) is 12.9. The number of nitrogens with zero attached hydrogens (tertiary/aromatic N) is 2. The molecule has 2 aromatic carbocycles. The maximum atomic E-state index is 13.2. The summed E-state index contributed by atoms with van der Waals surface area (Å²) in [5.74, 6) is -0.296. The first kappa shape index (κ1) is 17.5. The van der Waals surface area contributed by atoms with Gasteiger partial charge in [0.25, 0.3) is 10.0 Å². The fourth-order valence-corrected chi connectivity index (χ4v) is 4.60. The third kappa shape index (κ3) is 3.16. The molecule has 1 aliphatic rings. The van der Waals surface area contributed by atoms with E-state index in [1.165, 1.54) is 16.7 Å². The first-order valence-corrected chi connectivity index (χ1v) is 10.1. The third-order valence-corrected chi connectivity index (χ3v) is 6.25. The van der Waals surface area contributed by atoms with E-state index < -0.39 is 15.7 Å². The maximum Gasteiger partial charge on any atom is 0.343 e. The van der Waals surface area contributed by atoms with Gasteiger partial charge in [0.2, 0.25) is 5.91 Å². The van der Waals surface area contributed by atoms with Crippen molar-refractivity contribution in [1.29, 1.82) is 0 Å².